The van der Waals surface area contributed by atoms with Crippen LogP contribution in [0, 0.1) is 20.8 Å². The van der Waals surface area contributed by atoms with E-state index in [1.807, 2.05) is 55.8 Å². The first kappa shape index (κ1) is 17.5. The summed E-state index contributed by atoms with van der Waals surface area (Å²) in [6.07, 6.45) is 0. The molecule has 29 heavy (non-hydrogen) atoms. The Morgan fingerprint density at radius 2 is 1.34 bits per heavy atom. The summed E-state index contributed by atoms with van der Waals surface area (Å²) in [5, 5.41) is 26.1. The van der Waals surface area contributed by atoms with Crippen molar-refractivity contribution in [3.05, 3.63) is 47.5 Å². The first-order valence-electron chi connectivity index (χ1n) is 9.65. The van der Waals surface area contributed by atoms with Crippen molar-refractivity contribution in [2.24, 2.45) is 0 Å². The molecule has 0 radical (unpaired) electrons. The summed E-state index contributed by atoms with van der Waals surface area (Å²) in [6, 6.07) is 9.97. The van der Waals surface area contributed by atoms with E-state index < -0.39 is 0 Å². The van der Waals surface area contributed by atoms with E-state index in [1.54, 1.807) is 4.52 Å². The van der Waals surface area contributed by atoms with Gasteiger partial charge >= 0.3 is 0 Å². The van der Waals surface area contributed by atoms with Gasteiger partial charge in [0.15, 0.2) is 23.1 Å². The van der Waals surface area contributed by atoms with E-state index in [-0.39, 0.29) is 0 Å². The lowest BCUT2D eigenvalue weighted by molar-refractivity contribution is 0.630. The normalized spacial score (nSPS) is 14.7. The number of nitrogens with zero attached hydrogens (tertiary/aromatic N) is 10. The molecule has 0 saturated carbocycles. The molecule has 1 aliphatic rings. The van der Waals surface area contributed by atoms with Gasteiger partial charge in [-0.2, -0.15) is 9.61 Å². The second-order valence-electron chi connectivity index (χ2n) is 7.27. The van der Waals surface area contributed by atoms with Crippen LogP contribution in [-0.4, -0.2) is 66.0 Å². The zero-order chi connectivity index (χ0) is 20.0. The van der Waals surface area contributed by atoms with Crippen molar-refractivity contribution in [2.45, 2.75) is 20.8 Å². The summed E-state index contributed by atoms with van der Waals surface area (Å²) in [5.41, 5.74) is 2.78. The van der Waals surface area contributed by atoms with Crippen molar-refractivity contribution in [1.82, 2.24) is 39.8 Å². The topological polar surface area (TPSA) is 93.2 Å². The number of hydrogen-bond donors (Lipinski definition) is 0. The monoisotopic (exact) mass is 390 g/mol. The molecule has 1 saturated heterocycles. The van der Waals surface area contributed by atoms with Crippen molar-refractivity contribution >= 4 is 17.3 Å². The quantitative estimate of drug-likeness (QED) is 0.518. The first-order valence-corrected chi connectivity index (χ1v) is 9.65. The summed E-state index contributed by atoms with van der Waals surface area (Å²) < 4.78 is 3.60. The van der Waals surface area contributed by atoms with Crippen LogP contribution in [0.1, 0.15) is 17.2 Å². The van der Waals surface area contributed by atoms with Crippen LogP contribution < -0.4 is 9.80 Å². The molecule has 10 heteroatoms. The Hall–Kier alpha value is -3.56. The highest BCUT2D eigenvalue weighted by Gasteiger charge is 2.20. The zero-order valence-corrected chi connectivity index (χ0v) is 16.7. The van der Waals surface area contributed by atoms with Crippen LogP contribution in [0.15, 0.2) is 30.3 Å². The fourth-order valence-electron chi connectivity index (χ4n) is 3.68. The number of piperazine rings is 1. The van der Waals surface area contributed by atoms with E-state index in [2.05, 4.69) is 40.4 Å². The Morgan fingerprint density at radius 1 is 0.690 bits per heavy atom. The number of aromatic nitrogens is 8. The summed E-state index contributed by atoms with van der Waals surface area (Å²) in [4.78, 5) is 4.52. The fourth-order valence-corrected chi connectivity index (χ4v) is 3.68. The van der Waals surface area contributed by atoms with E-state index in [1.165, 1.54) is 0 Å². The molecule has 1 fully saturated rings. The van der Waals surface area contributed by atoms with Gasteiger partial charge in [-0.15, -0.1) is 25.5 Å². The van der Waals surface area contributed by atoms with Crippen LogP contribution >= 0.6 is 0 Å². The Morgan fingerprint density at radius 3 is 2.00 bits per heavy atom. The minimum atomic E-state index is 0.736. The van der Waals surface area contributed by atoms with Gasteiger partial charge in [0.05, 0.1) is 5.69 Å². The summed E-state index contributed by atoms with van der Waals surface area (Å²) in [5.74, 6) is 3.34. The lowest BCUT2D eigenvalue weighted by Crippen LogP contribution is -2.47. The molecule has 0 atom stereocenters. The molecule has 0 N–H and O–H groups in total. The number of hydrogen-bond acceptors (Lipinski definition) is 8. The molecule has 4 aromatic rings. The largest absolute Gasteiger partial charge is 0.352 e. The molecule has 5 heterocycles. The third-order valence-corrected chi connectivity index (χ3v) is 5.20. The minimum absolute atomic E-state index is 0.736. The smallest absolute Gasteiger partial charge is 0.178 e. The Kier molecular flexibility index (Phi) is 4.11. The van der Waals surface area contributed by atoms with Gasteiger partial charge in [-0.05, 0) is 51.1 Å². The van der Waals surface area contributed by atoms with E-state index in [4.69, 9.17) is 0 Å². The van der Waals surface area contributed by atoms with Crippen molar-refractivity contribution in [1.29, 1.82) is 0 Å². The van der Waals surface area contributed by atoms with Gasteiger partial charge in [0.1, 0.15) is 5.82 Å². The predicted molar refractivity (Wildman–Crippen MR) is 109 cm³/mol. The van der Waals surface area contributed by atoms with Crippen LogP contribution in [0.25, 0.3) is 11.5 Å². The average molecular weight is 390 g/mol. The molecule has 0 unspecified atom stereocenters. The maximum absolute atomic E-state index is 4.67. The molecule has 0 aliphatic carbocycles. The van der Waals surface area contributed by atoms with Gasteiger partial charge in [0, 0.05) is 31.9 Å². The van der Waals surface area contributed by atoms with Gasteiger partial charge in [-0.3, -0.25) is 0 Å². The Bertz CT molecular complexity index is 1150. The number of fused-ring (bicyclic) bond motifs is 1. The molecular weight excluding hydrogens is 368 g/mol. The molecule has 148 valence electrons. The highest BCUT2D eigenvalue weighted by molar-refractivity contribution is 5.48. The molecule has 5 rings (SSSR count). The van der Waals surface area contributed by atoms with Gasteiger partial charge < -0.3 is 9.80 Å². The number of anilines is 2. The first-order chi connectivity index (χ1) is 14.1. The third-order valence-electron chi connectivity index (χ3n) is 5.20. The molecule has 1 aliphatic heterocycles. The highest BCUT2D eigenvalue weighted by Crippen LogP contribution is 2.19. The predicted octanol–water partition coefficient (Wildman–Crippen LogP) is 1.35. The van der Waals surface area contributed by atoms with Gasteiger partial charge in [-0.25, -0.2) is 4.68 Å². The Labute approximate surface area is 167 Å². The number of aryl methyl sites for hydroxylation is 3. The maximum atomic E-state index is 4.67. The van der Waals surface area contributed by atoms with E-state index in [0.29, 0.717) is 0 Å². The van der Waals surface area contributed by atoms with E-state index in [0.717, 1.165) is 66.5 Å². The lowest BCUT2D eigenvalue weighted by atomic mass is 10.3. The number of rotatable bonds is 3. The van der Waals surface area contributed by atoms with Crippen molar-refractivity contribution < 1.29 is 0 Å². The Balaban J connectivity index is 1.28. The molecule has 0 spiro atoms. The molecule has 0 amide bonds. The summed E-state index contributed by atoms with van der Waals surface area (Å²) in [7, 11) is 0. The average Bonchev–Trinajstić information content (AvgIpc) is 3.29. The second kappa shape index (κ2) is 6.80. The van der Waals surface area contributed by atoms with Gasteiger partial charge in [0.25, 0.3) is 0 Å². The van der Waals surface area contributed by atoms with Crippen LogP contribution in [0.3, 0.4) is 0 Å². The van der Waals surface area contributed by atoms with Crippen molar-refractivity contribution in [3.8, 4) is 5.82 Å². The van der Waals surface area contributed by atoms with Crippen LogP contribution in [0.4, 0.5) is 11.6 Å². The van der Waals surface area contributed by atoms with Crippen molar-refractivity contribution in [3.63, 3.8) is 0 Å². The standard InChI is InChI=1S/C19H22N10/c1-13-12-14(2)28(24-13)17-5-4-16(21-23-17)26-8-10-27(11-9-26)19-7-6-18-22-20-15(3)29(18)25-19/h4-7,12H,8-11H2,1-3H3. The summed E-state index contributed by atoms with van der Waals surface area (Å²) >= 11 is 0. The minimum Gasteiger partial charge on any atom is -0.352 e. The van der Waals surface area contributed by atoms with Crippen LogP contribution in [0.5, 0.6) is 0 Å². The molecule has 4 aromatic heterocycles. The summed E-state index contributed by atoms with van der Waals surface area (Å²) in [6.45, 7) is 9.33. The molecule has 0 bridgehead atoms. The van der Waals surface area contributed by atoms with Gasteiger partial charge in [-0.1, -0.05) is 0 Å². The molecule has 0 aromatic carbocycles. The zero-order valence-electron chi connectivity index (χ0n) is 16.7. The van der Waals surface area contributed by atoms with E-state index >= 15 is 0 Å². The van der Waals surface area contributed by atoms with E-state index in [9.17, 15) is 0 Å². The molecular formula is C19H22N10. The molecule has 10 nitrogen and oxygen atoms in total. The van der Waals surface area contributed by atoms with Crippen LogP contribution in [-0.2, 0) is 0 Å². The maximum Gasteiger partial charge on any atom is 0.178 e. The fraction of sp³-hybridized carbons (Fsp3) is 0.368. The van der Waals surface area contributed by atoms with Crippen molar-refractivity contribution in [2.75, 3.05) is 36.0 Å². The third kappa shape index (κ3) is 3.16. The van der Waals surface area contributed by atoms with Crippen LogP contribution in [0.2, 0.25) is 0 Å². The second-order valence-corrected chi connectivity index (χ2v) is 7.27. The highest BCUT2D eigenvalue weighted by atomic mass is 15.4. The van der Waals surface area contributed by atoms with Gasteiger partial charge in [0.2, 0.25) is 0 Å². The lowest BCUT2D eigenvalue weighted by Gasteiger charge is -2.35. The SMILES string of the molecule is Cc1cc(C)n(-c2ccc(N3CCN(c4ccc5nnc(C)n5n4)CC3)nn2)n1.